The average Bonchev–Trinajstić information content (AvgIpc) is 1.54. The molecule has 1 N–H and O–H groups in total. The molecule has 1 aliphatic rings. The van der Waals surface area contributed by atoms with E-state index in [1.807, 2.05) is 0 Å². The van der Waals surface area contributed by atoms with Gasteiger partial charge in [-0.1, -0.05) is 0 Å². The van der Waals surface area contributed by atoms with Gasteiger partial charge in [-0.3, -0.25) is 10.2 Å². The molecule has 0 saturated carbocycles. The van der Waals surface area contributed by atoms with Crippen LogP contribution in [0, 0.1) is 5.41 Å². The van der Waals surface area contributed by atoms with Gasteiger partial charge in [0.1, 0.15) is 6.42 Å². The molecule has 0 aromatic heterocycles. The van der Waals surface area contributed by atoms with Crippen LogP contribution in [-0.2, 0) is 14.3 Å². The Morgan fingerprint density at radius 1 is 1.50 bits per heavy atom. The summed E-state index contributed by atoms with van der Waals surface area (Å²) in [4.78, 5) is 10.6. The van der Waals surface area contributed by atoms with Crippen molar-refractivity contribution in [3.8, 4) is 0 Å². The van der Waals surface area contributed by atoms with Crippen LogP contribution in [0.5, 0.6) is 0 Å². The zero-order valence-electron chi connectivity index (χ0n) is 5.93. The van der Waals surface area contributed by atoms with E-state index in [1.165, 1.54) is 0 Å². The van der Waals surface area contributed by atoms with Crippen LogP contribution in [-0.4, -0.2) is 17.7 Å². The number of carbonyl (C=O) groups is 1. The van der Waals surface area contributed by atoms with Crippen LogP contribution in [0.1, 0.15) is 20.3 Å². The van der Waals surface area contributed by atoms with E-state index < -0.39 is 11.8 Å². The largest absolute Gasteiger partial charge is 0.440 e. The van der Waals surface area contributed by atoms with Crippen molar-refractivity contribution in [2.24, 2.45) is 0 Å². The van der Waals surface area contributed by atoms with Crippen molar-refractivity contribution in [2.45, 2.75) is 26.1 Å². The highest BCUT2D eigenvalue weighted by Crippen LogP contribution is 2.18. The molecule has 0 aliphatic carbocycles. The molecule has 1 saturated heterocycles. The van der Waals surface area contributed by atoms with Gasteiger partial charge in [0.05, 0.1) is 0 Å². The summed E-state index contributed by atoms with van der Waals surface area (Å²) in [5.74, 6) is -1.38. The quantitative estimate of drug-likeness (QED) is 0.507. The van der Waals surface area contributed by atoms with E-state index in [1.54, 1.807) is 13.8 Å². The Morgan fingerprint density at radius 2 is 2.10 bits per heavy atom. The Balaban J connectivity index is 2.68. The van der Waals surface area contributed by atoms with E-state index in [0.29, 0.717) is 0 Å². The molecule has 0 radical (unpaired) electrons. The lowest BCUT2D eigenvalue weighted by Crippen LogP contribution is -2.39. The summed E-state index contributed by atoms with van der Waals surface area (Å²) in [5.41, 5.74) is 0. The maximum Gasteiger partial charge on any atom is 0.318 e. The molecular formula is C6H9NO3. The molecule has 0 aromatic carbocycles. The number of cyclic esters (lactones) is 1. The van der Waals surface area contributed by atoms with Gasteiger partial charge >= 0.3 is 5.97 Å². The zero-order valence-corrected chi connectivity index (χ0v) is 5.93. The molecule has 0 unspecified atom stereocenters. The maximum absolute atomic E-state index is 10.6. The van der Waals surface area contributed by atoms with Gasteiger partial charge in [-0.2, -0.15) is 0 Å². The van der Waals surface area contributed by atoms with Gasteiger partial charge in [0.15, 0.2) is 5.90 Å². The summed E-state index contributed by atoms with van der Waals surface area (Å²) < 4.78 is 9.63. The van der Waals surface area contributed by atoms with E-state index >= 15 is 0 Å². The van der Waals surface area contributed by atoms with Crippen molar-refractivity contribution >= 4 is 11.9 Å². The minimum absolute atomic E-state index is 0.0266. The number of hydrogen-bond donors (Lipinski definition) is 1. The summed E-state index contributed by atoms with van der Waals surface area (Å²) >= 11 is 0. The minimum Gasteiger partial charge on any atom is -0.440 e. The molecule has 0 amide bonds. The second-order valence-electron chi connectivity index (χ2n) is 2.58. The smallest absolute Gasteiger partial charge is 0.318 e. The molecule has 0 atom stereocenters. The highest BCUT2D eigenvalue weighted by molar-refractivity contribution is 5.94. The Kier molecular flexibility index (Phi) is 1.39. The third kappa shape index (κ3) is 1.46. The molecule has 4 heteroatoms. The van der Waals surface area contributed by atoms with Crippen molar-refractivity contribution in [3.05, 3.63) is 0 Å². The standard InChI is InChI=1S/C6H9NO3/c1-6(2)9-4(7)3-5(8)10-6/h7H,3H2,1-2H3. The fourth-order valence-electron chi connectivity index (χ4n) is 0.795. The van der Waals surface area contributed by atoms with Gasteiger partial charge in [-0.15, -0.1) is 0 Å². The number of hydrogen-bond acceptors (Lipinski definition) is 4. The molecular weight excluding hydrogens is 134 g/mol. The minimum atomic E-state index is -0.952. The number of esters is 1. The molecule has 1 aliphatic heterocycles. The molecule has 0 spiro atoms. The van der Waals surface area contributed by atoms with Crippen LogP contribution < -0.4 is 0 Å². The van der Waals surface area contributed by atoms with Crippen LogP contribution in [0.15, 0.2) is 0 Å². The molecule has 4 nitrogen and oxygen atoms in total. The summed E-state index contributed by atoms with van der Waals surface area (Å²) in [6, 6.07) is 0. The van der Waals surface area contributed by atoms with E-state index in [0.717, 1.165) is 0 Å². The average molecular weight is 143 g/mol. The summed E-state index contributed by atoms with van der Waals surface area (Å²) in [5, 5.41) is 7.05. The highest BCUT2D eigenvalue weighted by atomic mass is 16.7. The number of nitrogens with one attached hydrogen (secondary N) is 1. The lowest BCUT2D eigenvalue weighted by molar-refractivity contribution is -0.199. The van der Waals surface area contributed by atoms with E-state index in [2.05, 4.69) is 0 Å². The second kappa shape index (κ2) is 1.97. The lowest BCUT2D eigenvalue weighted by atomic mass is 10.3. The first-order valence-corrected chi connectivity index (χ1v) is 2.98. The first-order valence-electron chi connectivity index (χ1n) is 2.98. The summed E-state index contributed by atoms with van der Waals surface area (Å²) in [7, 11) is 0. The predicted octanol–water partition coefficient (Wildman–Crippen LogP) is 0.663. The maximum atomic E-state index is 10.6. The first-order chi connectivity index (χ1) is 4.49. The van der Waals surface area contributed by atoms with Gasteiger partial charge in [-0.25, -0.2) is 0 Å². The van der Waals surface area contributed by atoms with E-state index in [9.17, 15) is 4.79 Å². The Bertz CT molecular complexity index is 167. The summed E-state index contributed by atoms with van der Waals surface area (Å²) in [6.45, 7) is 3.19. The van der Waals surface area contributed by atoms with Crippen LogP contribution in [0.2, 0.25) is 0 Å². The topological polar surface area (TPSA) is 59.4 Å². The van der Waals surface area contributed by atoms with Crippen LogP contribution in [0.3, 0.4) is 0 Å². The van der Waals surface area contributed by atoms with Gasteiger partial charge in [0, 0.05) is 13.8 Å². The molecule has 1 heterocycles. The second-order valence-corrected chi connectivity index (χ2v) is 2.58. The van der Waals surface area contributed by atoms with Crippen LogP contribution in [0.4, 0.5) is 0 Å². The summed E-state index contributed by atoms with van der Waals surface area (Å²) in [6.07, 6.45) is -0.0522. The lowest BCUT2D eigenvalue weighted by Gasteiger charge is -2.30. The van der Waals surface area contributed by atoms with Crippen molar-refractivity contribution in [1.29, 1.82) is 5.41 Å². The van der Waals surface area contributed by atoms with Crippen LogP contribution in [0.25, 0.3) is 0 Å². The van der Waals surface area contributed by atoms with Gasteiger partial charge in [-0.05, 0) is 0 Å². The SMILES string of the molecule is CC1(C)OC(=N)CC(=O)O1. The Labute approximate surface area is 58.6 Å². The molecule has 1 fully saturated rings. The molecule has 10 heavy (non-hydrogen) atoms. The van der Waals surface area contributed by atoms with Crippen molar-refractivity contribution in [1.82, 2.24) is 0 Å². The van der Waals surface area contributed by atoms with E-state index in [-0.39, 0.29) is 12.3 Å². The van der Waals surface area contributed by atoms with E-state index in [4.69, 9.17) is 14.9 Å². The zero-order chi connectivity index (χ0) is 7.78. The fraction of sp³-hybridized carbons (Fsp3) is 0.667. The Hall–Kier alpha value is -1.06. The third-order valence-corrected chi connectivity index (χ3v) is 1.03. The van der Waals surface area contributed by atoms with Gasteiger partial charge < -0.3 is 9.47 Å². The Morgan fingerprint density at radius 3 is 2.50 bits per heavy atom. The molecule has 0 aromatic rings. The predicted molar refractivity (Wildman–Crippen MR) is 33.6 cm³/mol. The van der Waals surface area contributed by atoms with Crippen molar-refractivity contribution < 1.29 is 14.3 Å². The number of rotatable bonds is 0. The normalized spacial score (nSPS) is 23.4. The highest BCUT2D eigenvalue weighted by Gasteiger charge is 2.32. The first kappa shape index (κ1) is 7.05. The third-order valence-electron chi connectivity index (χ3n) is 1.03. The molecule has 56 valence electrons. The number of carbonyl (C=O) groups excluding carboxylic acids is 1. The molecule has 0 bridgehead atoms. The monoisotopic (exact) mass is 143 g/mol. The van der Waals surface area contributed by atoms with Crippen LogP contribution >= 0.6 is 0 Å². The van der Waals surface area contributed by atoms with Crippen molar-refractivity contribution in [2.75, 3.05) is 0 Å². The van der Waals surface area contributed by atoms with Gasteiger partial charge in [0.25, 0.3) is 0 Å². The van der Waals surface area contributed by atoms with Crippen molar-refractivity contribution in [3.63, 3.8) is 0 Å². The van der Waals surface area contributed by atoms with Gasteiger partial charge in [0.2, 0.25) is 5.79 Å². The number of ether oxygens (including phenoxy) is 2. The fourth-order valence-corrected chi connectivity index (χ4v) is 0.795. The molecule has 1 rings (SSSR count).